The van der Waals surface area contributed by atoms with Gasteiger partial charge in [0.25, 0.3) is 5.91 Å². The van der Waals surface area contributed by atoms with Crippen LogP contribution in [0.4, 0.5) is 23.0 Å². The molecule has 162 valence electrons. The van der Waals surface area contributed by atoms with E-state index in [1.165, 1.54) is 0 Å². The molecule has 0 saturated carbocycles. The molecular weight excluding hydrogens is 461 g/mol. The minimum absolute atomic E-state index is 0.101. The summed E-state index contributed by atoms with van der Waals surface area (Å²) < 4.78 is 8.44. The number of hydrogen-bond acceptors (Lipinski definition) is 8. The summed E-state index contributed by atoms with van der Waals surface area (Å²) in [7, 11) is 0. The van der Waals surface area contributed by atoms with Crippen LogP contribution >= 0.6 is 34.9 Å². The number of nitrogens with zero attached hydrogens (tertiary/aromatic N) is 3. The lowest BCUT2D eigenvalue weighted by atomic mass is 10.1. The van der Waals surface area contributed by atoms with Crippen LogP contribution in [0.25, 0.3) is 0 Å². The van der Waals surface area contributed by atoms with Gasteiger partial charge in [-0.25, -0.2) is 0 Å². The van der Waals surface area contributed by atoms with Crippen LogP contribution in [0.3, 0.4) is 0 Å². The Hall–Kier alpha value is -2.59. The van der Waals surface area contributed by atoms with Crippen molar-refractivity contribution in [3.63, 3.8) is 0 Å². The molecule has 0 aliphatic carbocycles. The van der Waals surface area contributed by atoms with Gasteiger partial charge in [-0.05, 0) is 37.1 Å². The number of rotatable bonds is 6. The van der Waals surface area contributed by atoms with Crippen LogP contribution in [-0.2, 0) is 0 Å². The lowest BCUT2D eigenvalue weighted by Crippen LogP contribution is -2.37. The number of benzene rings is 2. The number of aliphatic hydroxyl groups is 1. The molecular formula is C20H19Cl2N5O3S. The second-order valence-electron chi connectivity index (χ2n) is 6.99. The van der Waals surface area contributed by atoms with E-state index < -0.39 is 0 Å². The number of nitrogens with one attached hydrogen (secondary N) is 2. The molecule has 1 amide bonds. The summed E-state index contributed by atoms with van der Waals surface area (Å²) in [5, 5.41) is 27.1. The smallest absolute Gasteiger partial charge is 0.258 e. The van der Waals surface area contributed by atoms with Crippen molar-refractivity contribution in [2.75, 3.05) is 23.8 Å². The summed E-state index contributed by atoms with van der Waals surface area (Å²) >= 11 is 13.3. The summed E-state index contributed by atoms with van der Waals surface area (Å²) in [6.07, 6.45) is 1.56. The third-order valence-corrected chi connectivity index (χ3v) is 6.41. The Balaban J connectivity index is 1.57. The van der Waals surface area contributed by atoms with Crippen molar-refractivity contribution < 1.29 is 15.0 Å². The van der Waals surface area contributed by atoms with E-state index in [-0.39, 0.29) is 29.9 Å². The molecule has 31 heavy (non-hydrogen) atoms. The predicted molar refractivity (Wildman–Crippen MR) is 122 cm³/mol. The molecule has 0 bridgehead atoms. The number of aliphatic hydroxyl groups excluding tert-OH is 1. The van der Waals surface area contributed by atoms with E-state index in [0.29, 0.717) is 39.6 Å². The van der Waals surface area contributed by atoms with Crippen molar-refractivity contribution in [2.24, 2.45) is 0 Å². The maximum atomic E-state index is 12.9. The number of phenolic OH excluding ortho intramolecular Hbond substituents is 1. The van der Waals surface area contributed by atoms with Gasteiger partial charge in [-0.2, -0.15) is 8.75 Å². The first-order valence-electron chi connectivity index (χ1n) is 9.54. The molecule has 0 unspecified atom stereocenters. The van der Waals surface area contributed by atoms with Crippen LogP contribution < -0.4 is 10.6 Å². The lowest BCUT2D eigenvalue weighted by Gasteiger charge is -2.23. The fourth-order valence-corrected chi connectivity index (χ4v) is 4.29. The molecule has 0 spiro atoms. The molecule has 1 aromatic heterocycles. The minimum atomic E-state index is -0.321. The summed E-state index contributed by atoms with van der Waals surface area (Å²) in [6, 6.07) is 9.80. The Morgan fingerprint density at radius 3 is 2.55 bits per heavy atom. The monoisotopic (exact) mass is 479 g/mol. The molecule has 2 heterocycles. The molecule has 8 nitrogen and oxygen atoms in total. The van der Waals surface area contributed by atoms with E-state index in [2.05, 4.69) is 19.4 Å². The number of likely N-dealkylation sites (tertiary alicyclic amines) is 1. The molecule has 0 radical (unpaired) electrons. The van der Waals surface area contributed by atoms with E-state index in [9.17, 15) is 15.0 Å². The highest BCUT2D eigenvalue weighted by molar-refractivity contribution is 6.99. The van der Waals surface area contributed by atoms with Crippen LogP contribution in [0, 0.1) is 0 Å². The maximum Gasteiger partial charge on any atom is 0.258 e. The number of para-hydroxylation sites is 1. The van der Waals surface area contributed by atoms with Crippen molar-refractivity contribution in [1.29, 1.82) is 0 Å². The van der Waals surface area contributed by atoms with Crippen molar-refractivity contribution >= 4 is 63.8 Å². The summed E-state index contributed by atoms with van der Waals surface area (Å²) in [6.45, 7) is 0.446. The molecule has 1 saturated heterocycles. The molecule has 2 aromatic carbocycles. The van der Waals surface area contributed by atoms with E-state index in [1.54, 1.807) is 41.3 Å². The average molecular weight is 480 g/mol. The van der Waals surface area contributed by atoms with Crippen LogP contribution in [0.5, 0.6) is 5.75 Å². The highest BCUT2D eigenvalue weighted by atomic mass is 35.5. The standard InChI is InChI=1S/C20H19Cl2N5O3S/c21-13-6-2-7-14(16(13)22)23-18-19(26-31-25-18)24-15-8-1-5-12(17(15)29)20(30)27-9-3-4-11(27)10-28/h1-2,5-8,11,28-29H,3-4,9-10H2,(H,23,25)(H,24,26)/t11-/m0/s1. The van der Waals surface area contributed by atoms with Crippen molar-refractivity contribution in [2.45, 2.75) is 18.9 Å². The molecule has 3 aromatic rings. The van der Waals surface area contributed by atoms with Gasteiger partial charge in [0.05, 0.1) is 51.4 Å². The van der Waals surface area contributed by atoms with Crippen molar-refractivity contribution in [1.82, 2.24) is 13.6 Å². The molecule has 1 aliphatic heterocycles. The van der Waals surface area contributed by atoms with E-state index in [1.807, 2.05) is 0 Å². The van der Waals surface area contributed by atoms with Gasteiger partial charge in [-0.3, -0.25) is 4.79 Å². The first kappa shape index (κ1) is 21.6. The van der Waals surface area contributed by atoms with Gasteiger partial charge < -0.3 is 25.7 Å². The van der Waals surface area contributed by atoms with Gasteiger partial charge in [-0.15, -0.1) is 0 Å². The van der Waals surface area contributed by atoms with Gasteiger partial charge in [0.1, 0.15) is 0 Å². The number of anilines is 4. The zero-order valence-corrected chi connectivity index (χ0v) is 18.5. The molecule has 4 rings (SSSR count). The van der Waals surface area contributed by atoms with E-state index in [0.717, 1.165) is 24.6 Å². The molecule has 1 aliphatic rings. The fourth-order valence-electron chi connectivity index (χ4n) is 3.47. The van der Waals surface area contributed by atoms with Crippen LogP contribution in [0.2, 0.25) is 10.0 Å². The number of hydrogen-bond donors (Lipinski definition) is 4. The highest BCUT2D eigenvalue weighted by Crippen LogP contribution is 2.36. The Morgan fingerprint density at radius 1 is 1.13 bits per heavy atom. The van der Waals surface area contributed by atoms with E-state index >= 15 is 0 Å². The number of halogens is 2. The summed E-state index contributed by atoms with van der Waals surface area (Å²) in [5.74, 6) is 0.231. The Bertz CT molecular complexity index is 1110. The SMILES string of the molecule is O=C(c1cccc(Nc2nsnc2Nc2cccc(Cl)c2Cl)c1O)N1CCC[C@H]1CO. The number of aromatic nitrogens is 2. The van der Waals surface area contributed by atoms with Gasteiger partial charge >= 0.3 is 0 Å². The first-order valence-corrected chi connectivity index (χ1v) is 11.0. The lowest BCUT2D eigenvalue weighted by molar-refractivity contribution is 0.0674. The third-order valence-electron chi connectivity index (χ3n) is 5.06. The van der Waals surface area contributed by atoms with Crippen molar-refractivity contribution in [3.8, 4) is 5.75 Å². The normalized spacial score (nSPS) is 15.8. The van der Waals surface area contributed by atoms with Crippen LogP contribution in [-0.4, -0.2) is 49.0 Å². The highest BCUT2D eigenvalue weighted by Gasteiger charge is 2.30. The van der Waals surface area contributed by atoms with E-state index in [4.69, 9.17) is 23.2 Å². The van der Waals surface area contributed by atoms with Gasteiger partial charge in [0.15, 0.2) is 17.4 Å². The molecule has 1 fully saturated rings. The summed E-state index contributed by atoms with van der Waals surface area (Å²) in [4.78, 5) is 14.5. The van der Waals surface area contributed by atoms with Crippen LogP contribution in [0.15, 0.2) is 36.4 Å². The minimum Gasteiger partial charge on any atom is -0.505 e. The molecule has 1 atom stereocenters. The summed E-state index contributed by atoms with van der Waals surface area (Å²) in [5.41, 5.74) is 1.02. The number of carbonyl (C=O) groups is 1. The number of carbonyl (C=O) groups excluding carboxylic acids is 1. The largest absolute Gasteiger partial charge is 0.505 e. The Labute approximate surface area is 192 Å². The first-order chi connectivity index (χ1) is 15.0. The van der Waals surface area contributed by atoms with Gasteiger partial charge in [-0.1, -0.05) is 35.3 Å². The Morgan fingerprint density at radius 2 is 1.81 bits per heavy atom. The quantitative estimate of drug-likeness (QED) is 0.381. The number of aromatic hydroxyl groups is 1. The third kappa shape index (κ3) is 4.40. The molecule has 11 heteroatoms. The maximum absolute atomic E-state index is 12.9. The molecule has 4 N–H and O–H groups in total. The van der Waals surface area contributed by atoms with Gasteiger partial charge in [0.2, 0.25) is 0 Å². The number of amides is 1. The van der Waals surface area contributed by atoms with Crippen molar-refractivity contribution in [3.05, 3.63) is 52.0 Å². The Kier molecular flexibility index (Phi) is 6.47. The van der Waals surface area contributed by atoms with Crippen LogP contribution in [0.1, 0.15) is 23.2 Å². The fraction of sp³-hybridized carbons (Fsp3) is 0.250. The average Bonchev–Trinajstić information content (AvgIpc) is 3.42. The number of phenols is 1. The van der Waals surface area contributed by atoms with Gasteiger partial charge in [0, 0.05) is 6.54 Å². The zero-order valence-electron chi connectivity index (χ0n) is 16.2. The zero-order chi connectivity index (χ0) is 22.0. The topological polar surface area (TPSA) is 111 Å². The second kappa shape index (κ2) is 9.27. The second-order valence-corrected chi connectivity index (χ2v) is 8.31. The predicted octanol–water partition coefficient (Wildman–Crippen LogP) is 4.63.